The van der Waals surface area contributed by atoms with Crippen molar-refractivity contribution in [2.75, 3.05) is 0 Å². The van der Waals surface area contributed by atoms with Crippen molar-refractivity contribution in [3.63, 3.8) is 0 Å². The Morgan fingerprint density at radius 2 is 1.75 bits per heavy atom. The Morgan fingerprint density at radius 3 is 2.33 bits per heavy atom. The van der Waals surface area contributed by atoms with Gasteiger partial charge in [0.05, 0.1) is 11.6 Å². The lowest BCUT2D eigenvalue weighted by Gasteiger charge is -2.46. The molecule has 4 rings (SSSR count). The first-order valence-corrected chi connectivity index (χ1v) is 12.9. The predicted octanol–water partition coefficient (Wildman–Crippen LogP) is 4.43. The number of carboxylic acids is 1. The van der Waals surface area contributed by atoms with Gasteiger partial charge in [-0.15, -0.1) is 6.42 Å². The lowest BCUT2D eigenvalue weighted by molar-refractivity contribution is -0.149. The Bertz CT molecular complexity index is 1370. The van der Waals surface area contributed by atoms with Crippen LogP contribution in [-0.2, 0) is 22.2 Å². The molecule has 1 heterocycles. The lowest BCUT2D eigenvalue weighted by Crippen LogP contribution is -2.62. The fraction of sp³-hybridized carbons (Fsp3) is 0.286. The van der Waals surface area contributed by atoms with E-state index in [1.807, 2.05) is 24.3 Å². The van der Waals surface area contributed by atoms with E-state index in [0.29, 0.717) is 17.5 Å². The summed E-state index contributed by atoms with van der Waals surface area (Å²) in [5, 5.41) is 19.7. The fourth-order valence-corrected chi connectivity index (χ4v) is 6.68. The van der Waals surface area contributed by atoms with Crippen LogP contribution in [-0.4, -0.2) is 36.8 Å². The summed E-state index contributed by atoms with van der Waals surface area (Å²) < 4.78 is 26.6. The Balaban J connectivity index is 2.00. The molecular weight excluding hydrogens is 480 g/mol. The van der Waals surface area contributed by atoms with Crippen molar-refractivity contribution >= 4 is 14.0 Å². The van der Waals surface area contributed by atoms with Gasteiger partial charge < -0.3 is 15.1 Å². The van der Waals surface area contributed by atoms with Crippen molar-refractivity contribution in [1.29, 1.82) is 0 Å². The maximum Gasteiger partial charge on any atom is 0.323 e. The van der Waals surface area contributed by atoms with Gasteiger partial charge in [0.1, 0.15) is 5.82 Å². The van der Waals surface area contributed by atoms with Gasteiger partial charge in [0.25, 0.3) is 0 Å². The molecule has 3 aromatic rings. The van der Waals surface area contributed by atoms with Crippen LogP contribution in [0.5, 0.6) is 0 Å². The molecule has 0 amide bonds. The molecule has 6 nitrogen and oxygen atoms in total. The number of aliphatic hydroxyl groups is 1. The Morgan fingerprint density at radius 1 is 1.11 bits per heavy atom. The van der Waals surface area contributed by atoms with Crippen LogP contribution in [0.2, 0.25) is 0 Å². The molecule has 0 bridgehead atoms. The van der Waals surface area contributed by atoms with Gasteiger partial charge >= 0.3 is 5.97 Å². The molecule has 0 saturated heterocycles. The minimum absolute atomic E-state index is 0.296. The third-order valence-corrected chi connectivity index (χ3v) is 9.09. The molecule has 186 valence electrons. The highest BCUT2D eigenvalue weighted by molar-refractivity contribution is 7.41. The number of aliphatic carboxylic acids is 1. The first-order valence-electron chi connectivity index (χ1n) is 11.6. The van der Waals surface area contributed by atoms with E-state index >= 15 is 0 Å². The largest absolute Gasteiger partial charge is 0.480 e. The highest BCUT2D eigenvalue weighted by atomic mass is 31.1. The summed E-state index contributed by atoms with van der Waals surface area (Å²) in [5.74, 6) is -2.33. The second-order valence-electron chi connectivity index (χ2n) is 9.40. The van der Waals surface area contributed by atoms with Crippen LogP contribution in [0.3, 0.4) is 0 Å². The van der Waals surface area contributed by atoms with Crippen molar-refractivity contribution in [2.45, 2.75) is 43.4 Å². The van der Waals surface area contributed by atoms with E-state index in [1.54, 1.807) is 6.07 Å². The van der Waals surface area contributed by atoms with E-state index in [9.17, 15) is 28.9 Å². The first-order chi connectivity index (χ1) is 17.1. The zero-order valence-corrected chi connectivity index (χ0v) is 20.9. The number of hydrogen-bond acceptors (Lipinski definition) is 4. The Kier molecular flexibility index (Phi) is 6.90. The second-order valence-corrected chi connectivity index (χ2v) is 10.8. The molecule has 1 aliphatic rings. The summed E-state index contributed by atoms with van der Waals surface area (Å²) in [7, 11) is -3.96. The van der Waals surface area contributed by atoms with Gasteiger partial charge in [0, 0.05) is 11.8 Å². The van der Waals surface area contributed by atoms with Crippen LogP contribution in [0.4, 0.5) is 4.39 Å². The SMILES string of the molecule is C#CC(O)(C(c1ccc(F)cc1)c1cnc2c(c1)CCc1ccccc1-2)C(C(=O)O)(C(C)C)[PH](=O)O. The normalized spacial score (nSPS) is 17.6. The number of fused-ring (bicyclic) bond motifs is 3. The van der Waals surface area contributed by atoms with Crippen molar-refractivity contribution in [3.8, 4) is 23.6 Å². The molecule has 0 aliphatic heterocycles. The van der Waals surface area contributed by atoms with Crippen LogP contribution < -0.4 is 0 Å². The van der Waals surface area contributed by atoms with Gasteiger partial charge in [-0.3, -0.25) is 14.3 Å². The quantitative estimate of drug-likeness (QED) is 0.323. The van der Waals surface area contributed by atoms with Gasteiger partial charge in [0.15, 0.2) is 10.8 Å². The summed E-state index contributed by atoms with van der Waals surface area (Å²) >= 11 is 0. The van der Waals surface area contributed by atoms with Crippen molar-refractivity contribution in [3.05, 3.63) is 88.9 Å². The summed E-state index contributed by atoms with van der Waals surface area (Å²) in [4.78, 5) is 27.7. The van der Waals surface area contributed by atoms with E-state index in [-0.39, 0.29) is 0 Å². The number of halogens is 1. The molecule has 8 heteroatoms. The molecule has 0 spiro atoms. The van der Waals surface area contributed by atoms with Crippen LogP contribution in [0, 0.1) is 24.1 Å². The Hall–Kier alpha value is -3.30. The van der Waals surface area contributed by atoms with Crippen LogP contribution >= 0.6 is 8.03 Å². The monoisotopic (exact) mass is 507 g/mol. The fourth-order valence-electron chi connectivity index (χ4n) is 5.46. The van der Waals surface area contributed by atoms with Crippen molar-refractivity contribution in [2.24, 2.45) is 5.92 Å². The van der Waals surface area contributed by atoms with Crippen molar-refractivity contribution < 1.29 is 28.9 Å². The van der Waals surface area contributed by atoms with E-state index in [4.69, 9.17) is 6.42 Å². The third kappa shape index (κ3) is 3.87. The minimum Gasteiger partial charge on any atom is -0.480 e. The molecule has 4 atom stereocenters. The summed E-state index contributed by atoms with van der Waals surface area (Å²) in [5.41, 5.74) is 1.80. The molecule has 0 fully saturated rings. The molecule has 0 radical (unpaired) electrons. The standard InChI is InChI=1S/C28H27FNO5P/c1-4-27(33,28(17(2)3,26(31)32)36(34)35)24(19-11-13-22(29)14-12-19)21-15-20-10-9-18-7-5-6-8-23(18)25(20)30-16-21/h1,5-8,11-17,24,33,36H,9-10H2,2-3H3,(H,31,32)(H,34,35). The third-order valence-electron chi connectivity index (χ3n) is 7.24. The van der Waals surface area contributed by atoms with Crippen molar-refractivity contribution in [1.82, 2.24) is 4.98 Å². The van der Waals surface area contributed by atoms with Gasteiger partial charge in [-0.2, -0.15) is 0 Å². The van der Waals surface area contributed by atoms with E-state index in [0.717, 1.165) is 28.8 Å². The number of carbonyl (C=O) groups is 1. The molecule has 4 unspecified atom stereocenters. The van der Waals surface area contributed by atoms with E-state index in [1.165, 1.54) is 44.3 Å². The smallest absolute Gasteiger partial charge is 0.323 e. The number of aryl methyl sites for hydroxylation is 2. The average Bonchev–Trinajstić information content (AvgIpc) is 2.84. The number of hydrogen-bond donors (Lipinski definition) is 3. The molecule has 36 heavy (non-hydrogen) atoms. The van der Waals surface area contributed by atoms with E-state index < -0.39 is 42.4 Å². The number of pyridine rings is 1. The maximum absolute atomic E-state index is 13.8. The van der Waals surface area contributed by atoms with Gasteiger partial charge in [-0.25, -0.2) is 4.39 Å². The second kappa shape index (κ2) is 9.63. The molecular formula is C28H27FNO5P. The topological polar surface area (TPSA) is 108 Å². The van der Waals surface area contributed by atoms with E-state index in [2.05, 4.69) is 10.9 Å². The number of carboxylic acid groups (broad SMARTS) is 1. The Labute approximate surface area is 209 Å². The van der Waals surface area contributed by atoms with Crippen LogP contribution in [0.15, 0.2) is 60.8 Å². The van der Waals surface area contributed by atoms with Gasteiger partial charge in [-0.1, -0.05) is 62.2 Å². The number of terminal acetylenes is 1. The minimum atomic E-state index is -3.96. The summed E-state index contributed by atoms with van der Waals surface area (Å²) in [6.07, 6.45) is 8.74. The molecule has 3 N–H and O–H groups in total. The number of rotatable bonds is 7. The van der Waals surface area contributed by atoms with Crippen LogP contribution in [0.25, 0.3) is 11.3 Å². The molecule has 0 saturated carbocycles. The zero-order valence-electron chi connectivity index (χ0n) is 19.9. The highest BCUT2D eigenvalue weighted by Crippen LogP contribution is 2.56. The van der Waals surface area contributed by atoms with Gasteiger partial charge in [0.2, 0.25) is 8.03 Å². The zero-order chi connectivity index (χ0) is 26.3. The number of benzene rings is 2. The molecule has 1 aliphatic carbocycles. The number of aromatic nitrogens is 1. The molecule has 2 aromatic carbocycles. The van der Waals surface area contributed by atoms with Crippen LogP contribution in [0.1, 0.15) is 42.0 Å². The highest BCUT2D eigenvalue weighted by Gasteiger charge is 2.65. The average molecular weight is 507 g/mol. The maximum atomic E-state index is 13.8. The van der Waals surface area contributed by atoms with Gasteiger partial charge in [-0.05, 0) is 53.1 Å². The lowest BCUT2D eigenvalue weighted by atomic mass is 9.66. The first kappa shape index (κ1) is 25.8. The predicted molar refractivity (Wildman–Crippen MR) is 136 cm³/mol. The summed E-state index contributed by atoms with van der Waals surface area (Å²) in [6, 6.07) is 14.8. The molecule has 1 aromatic heterocycles. The number of nitrogens with zero attached hydrogens (tertiary/aromatic N) is 1. The summed E-state index contributed by atoms with van der Waals surface area (Å²) in [6.45, 7) is 2.86.